The molecule has 2 heteroatoms. The van der Waals surface area contributed by atoms with Crippen molar-refractivity contribution in [1.82, 2.24) is 0 Å². The molecule has 0 N–H and O–H groups in total. The van der Waals surface area contributed by atoms with Gasteiger partial charge in [0.15, 0.2) is 0 Å². The highest BCUT2D eigenvalue weighted by atomic mass is 16.5. The van der Waals surface area contributed by atoms with Crippen molar-refractivity contribution in [2.24, 2.45) is 0 Å². The molecule has 0 saturated heterocycles. The van der Waals surface area contributed by atoms with Gasteiger partial charge in [0.2, 0.25) is 0 Å². The second kappa shape index (κ2) is 10.0. The molecule has 0 fully saturated rings. The minimum atomic E-state index is 0.449. The minimum Gasteiger partial charge on any atom is -0.494 e. The van der Waals surface area contributed by atoms with Crippen LogP contribution < -0.4 is 4.74 Å². The average Bonchev–Trinajstić information content (AvgIpc) is 2.33. The van der Waals surface area contributed by atoms with Crippen LogP contribution in [0.3, 0.4) is 0 Å². The molecule has 16 heavy (non-hydrogen) atoms. The average molecular weight is 219 g/mol. The summed E-state index contributed by atoms with van der Waals surface area (Å²) < 4.78 is 5.52. The Labute approximate surface area is 98.9 Å². The van der Waals surface area contributed by atoms with Crippen molar-refractivity contribution < 1.29 is 4.74 Å². The molecular formula is C14H21NO. The van der Waals surface area contributed by atoms with E-state index in [-0.39, 0.29) is 0 Å². The smallest absolute Gasteiger partial charge is 0.119 e. The minimum absolute atomic E-state index is 0.449. The van der Waals surface area contributed by atoms with E-state index in [1.807, 2.05) is 38.1 Å². The van der Waals surface area contributed by atoms with Crippen molar-refractivity contribution in [1.29, 1.82) is 5.26 Å². The van der Waals surface area contributed by atoms with E-state index in [1.54, 1.807) is 0 Å². The fourth-order valence-corrected chi connectivity index (χ4v) is 1.17. The lowest BCUT2D eigenvalue weighted by Crippen LogP contribution is -1.96. The lowest BCUT2D eigenvalue weighted by atomic mass is 10.1. The number of nitrogens with zero attached hydrogens (tertiary/aromatic N) is 1. The number of rotatable bonds is 5. The quantitative estimate of drug-likeness (QED) is 0.702. The van der Waals surface area contributed by atoms with E-state index >= 15 is 0 Å². The highest BCUT2D eigenvalue weighted by Gasteiger charge is 1.95. The predicted molar refractivity (Wildman–Crippen MR) is 67.5 cm³/mol. The van der Waals surface area contributed by atoms with Crippen molar-refractivity contribution in [3.63, 3.8) is 0 Å². The van der Waals surface area contributed by atoms with Gasteiger partial charge in [0, 0.05) is 0 Å². The molecule has 0 spiro atoms. The fraction of sp³-hybridized carbons (Fsp3) is 0.500. The number of nitriles is 1. The van der Waals surface area contributed by atoms with Gasteiger partial charge < -0.3 is 4.74 Å². The molecule has 0 aliphatic rings. The third kappa shape index (κ3) is 6.08. The number of unbranched alkanes of at least 4 members (excludes halogenated alkanes) is 1. The van der Waals surface area contributed by atoms with Gasteiger partial charge in [0.25, 0.3) is 0 Å². The Morgan fingerprint density at radius 3 is 2.69 bits per heavy atom. The van der Waals surface area contributed by atoms with Gasteiger partial charge >= 0.3 is 0 Å². The highest BCUT2D eigenvalue weighted by Crippen LogP contribution is 2.13. The van der Waals surface area contributed by atoms with Crippen molar-refractivity contribution in [2.45, 2.75) is 40.0 Å². The summed E-state index contributed by atoms with van der Waals surface area (Å²) in [7, 11) is 0. The molecule has 1 aromatic carbocycles. The summed E-state index contributed by atoms with van der Waals surface area (Å²) in [6.45, 7) is 6.89. The highest BCUT2D eigenvalue weighted by molar-refractivity contribution is 5.29. The van der Waals surface area contributed by atoms with Crippen molar-refractivity contribution >= 4 is 0 Å². The van der Waals surface area contributed by atoms with E-state index in [2.05, 4.69) is 13.0 Å². The second-order valence-electron chi connectivity index (χ2n) is 3.18. The first-order chi connectivity index (χ1) is 7.86. The van der Waals surface area contributed by atoms with Crippen LogP contribution in [0.25, 0.3) is 0 Å². The van der Waals surface area contributed by atoms with Crippen LogP contribution in [0.2, 0.25) is 0 Å². The summed E-state index contributed by atoms with van der Waals surface area (Å²) in [5.41, 5.74) is 1.02. The largest absolute Gasteiger partial charge is 0.494 e. The molecule has 0 aliphatic heterocycles. The molecule has 0 bridgehead atoms. The van der Waals surface area contributed by atoms with Gasteiger partial charge in [0.1, 0.15) is 5.75 Å². The van der Waals surface area contributed by atoms with Gasteiger partial charge in [-0.25, -0.2) is 0 Å². The van der Waals surface area contributed by atoms with Crippen LogP contribution in [-0.4, -0.2) is 6.61 Å². The van der Waals surface area contributed by atoms with Gasteiger partial charge in [-0.3, -0.25) is 0 Å². The first-order valence-electron chi connectivity index (χ1n) is 5.95. The Balaban J connectivity index is 0.00000106. The predicted octanol–water partition coefficient (Wildman–Crippen LogP) is 3.96. The summed E-state index contributed by atoms with van der Waals surface area (Å²) in [6, 6.07) is 9.84. The van der Waals surface area contributed by atoms with Crippen LogP contribution >= 0.6 is 0 Å². The van der Waals surface area contributed by atoms with Crippen molar-refractivity contribution in [2.75, 3.05) is 6.61 Å². The molecule has 0 aromatic heterocycles. The molecular weight excluding hydrogens is 198 g/mol. The fourth-order valence-electron chi connectivity index (χ4n) is 1.17. The summed E-state index contributed by atoms with van der Waals surface area (Å²) in [4.78, 5) is 0. The molecule has 0 radical (unpaired) electrons. The zero-order valence-electron chi connectivity index (χ0n) is 10.5. The van der Waals surface area contributed by atoms with Crippen LogP contribution in [0.15, 0.2) is 24.3 Å². The molecule has 1 rings (SSSR count). The molecule has 0 atom stereocenters. The standard InChI is InChI=1S/C12H15NO.C2H6/c1-2-3-9-14-12-6-4-5-11(10-12)7-8-13;1-2/h4-6,10H,2-3,7,9H2,1H3;1-2H3. The molecule has 88 valence electrons. The maximum atomic E-state index is 8.53. The Hall–Kier alpha value is -1.49. The van der Waals surface area contributed by atoms with E-state index in [4.69, 9.17) is 10.00 Å². The number of ether oxygens (including phenoxy) is 1. The van der Waals surface area contributed by atoms with Crippen LogP contribution in [0.4, 0.5) is 0 Å². The summed E-state index contributed by atoms with van der Waals surface area (Å²) in [5.74, 6) is 0.867. The third-order valence-electron chi connectivity index (χ3n) is 1.95. The lowest BCUT2D eigenvalue weighted by molar-refractivity contribution is 0.309. The van der Waals surface area contributed by atoms with E-state index in [9.17, 15) is 0 Å². The number of benzene rings is 1. The zero-order chi connectivity index (χ0) is 12.2. The molecule has 0 heterocycles. The first kappa shape index (κ1) is 14.5. The SMILES string of the molecule is CC.CCCCOc1cccc(CC#N)c1. The van der Waals surface area contributed by atoms with Gasteiger partial charge in [-0.1, -0.05) is 39.3 Å². The van der Waals surface area contributed by atoms with Gasteiger partial charge in [-0.15, -0.1) is 0 Å². The van der Waals surface area contributed by atoms with Crippen LogP contribution in [0, 0.1) is 11.3 Å². The molecule has 1 aromatic rings. The maximum Gasteiger partial charge on any atom is 0.119 e. The molecule has 2 nitrogen and oxygen atoms in total. The van der Waals surface area contributed by atoms with Crippen molar-refractivity contribution in [3.8, 4) is 11.8 Å². The van der Waals surface area contributed by atoms with E-state index < -0.39 is 0 Å². The number of hydrogen-bond acceptors (Lipinski definition) is 2. The van der Waals surface area contributed by atoms with Crippen LogP contribution in [0.5, 0.6) is 5.75 Å². The van der Waals surface area contributed by atoms with Crippen molar-refractivity contribution in [3.05, 3.63) is 29.8 Å². The monoisotopic (exact) mass is 219 g/mol. The lowest BCUT2D eigenvalue weighted by Gasteiger charge is -2.05. The van der Waals surface area contributed by atoms with E-state index in [0.717, 1.165) is 30.8 Å². The Morgan fingerprint density at radius 1 is 1.31 bits per heavy atom. The third-order valence-corrected chi connectivity index (χ3v) is 1.95. The molecule has 0 amide bonds. The zero-order valence-corrected chi connectivity index (χ0v) is 10.5. The molecule has 0 saturated carbocycles. The summed E-state index contributed by atoms with van der Waals surface area (Å²) in [6.07, 6.45) is 2.66. The Morgan fingerprint density at radius 2 is 2.06 bits per heavy atom. The maximum absolute atomic E-state index is 8.53. The van der Waals surface area contributed by atoms with Crippen LogP contribution in [-0.2, 0) is 6.42 Å². The van der Waals surface area contributed by atoms with E-state index in [1.165, 1.54) is 0 Å². The van der Waals surface area contributed by atoms with Gasteiger partial charge in [-0.05, 0) is 24.1 Å². The topological polar surface area (TPSA) is 33.0 Å². The van der Waals surface area contributed by atoms with E-state index in [0.29, 0.717) is 6.42 Å². The summed E-state index contributed by atoms with van der Waals surface area (Å²) >= 11 is 0. The second-order valence-corrected chi connectivity index (χ2v) is 3.18. The Kier molecular flexibility index (Phi) is 9.11. The summed E-state index contributed by atoms with van der Waals surface area (Å²) in [5, 5.41) is 8.53. The van der Waals surface area contributed by atoms with Gasteiger partial charge in [-0.2, -0.15) is 5.26 Å². The molecule has 0 unspecified atom stereocenters. The molecule has 0 aliphatic carbocycles. The Bertz CT molecular complexity index is 315. The van der Waals surface area contributed by atoms with Gasteiger partial charge in [0.05, 0.1) is 19.1 Å². The normalized spacial score (nSPS) is 8.62. The van der Waals surface area contributed by atoms with Crippen LogP contribution in [0.1, 0.15) is 39.2 Å². The number of hydrogen-bond donors (Lipinski definition) is 0. The first-order valence-corrected chi connectivity index (χ1v) is 5.95.